The molecule has 33 heavy (non-hydrogen) atoms. The van der Waals surface area contributed by atoms with Crippen molar-refractivity contribution in [1.82, 2.24) is 14.8 Å². The van der Waals surface area contributed by atoms with Gasteiger partial charge in [-0.15, -0.1) is 0 Å². The number of aromatic nitrogens is 1. The van der Waals surface area contributed by atoms with Crippen LogP contribution in [-0.4, -0.2) is 71.0 Å². The van der Waals surface area contributed by atoms with Gasteiger partial charge in [-0.05, 0) is 95.9 Å². The highest BCUT2D eigenvalue weighted by atomic mass is 16.5. The maximum Gasteiger partial charge on any atom is 0.202 e. The Morgan fingerprint density at radius 2 is 2.09 bits per heavy atom. The first kappa shape index (κ1) is 23.4. The lowest BCUT2D eigenvalue weighted by Gasteiger charge is -2.52. The van der Waals surface area contributed by atoms with Gasteiger partial charge in [0.05, 0.1) is 11.1 Å². The molecule has 1 aromatic heterocycles. The minimum absolute atomic E-state index is 0.0294. The zero-order chi connectivity index (χ0) is 23.4. The van der Waals surface area contributed by atoms with Gasteiger partial charge >= 0.3 is 0 Å². The predicted octanol–water partition coefficient (Wildman–Crippen LogP) is 4.67. The van der Waals surface area contributed by atoms with Crippen LogP contribution < -0.4 is 0 Å². The molecule has 1 aromatic rings. The summed E-state index contributed by atoms with van der Waals surface area (Å²) in [5, 5.41) is 0. The number of carbonyl (C=O) groups excluding carboxylic acids is 1. The van der Waals surface area contributed by atoms with Crippen LogP contribution in [0.15, 0.2) is 24.4 Å². The van der Waals surface area contributed by atoms with E-state index < -0.39 is 5.54 Å². The highest BCUT2D eigenvalue weighted by Crippen LogP contribution is 2.76. The first-order valence-corrected chi connectivity index (χ1v) is 13.2. The molecule has 5 heteroatoms. The Morgan fingerprint density at radius 3 is 2.82 bits per heavy atom. The van der Waals surface area contributed by atoms with E-state index in [0.717, 1.165) is 51.4 Å². The Kier molecular flexibility index (Phi) is 5.98. The van der Waals surface area contributed by atoms with Crippen molar-refractivity contribution in [3.8, 4) is 0 Å². The third-order valence-corrected chi connectivity index (χ3v) is 9.44. The van der Waals surface area contributed by atoms with Gasteiger partial charge in [-0.2, -0.15) is 0 Å². The Bertz CT molecular complexity index is 871. The Morgan fingerprint density at radius 1 is 1.27 bits per heavy atom. The lowest BCUT2D eigenvalue weighted by molar-refractivity contribution is -0.0929. The van der Waals surface area contributed by atoms with Crippen molar-refractivity contribution in [2.24, 2.45) is 23.2 Å². The minimum atomic E-state index is -0.430. The van der Waals surface area contributed by atoms with Gasteiger partial charge in [0.25, 0.3) is 0 Å². The molecule has 0 amide bonds. The molecular formula is C28H43N3O2. The molecule has 5 rings (SSSR count). The molecule has 2 saturated carbocycles. The summed E-state index contributed by atoms with van der Waals surface area (Å²) in [4.78, 5) is 24.4. The molecule has 2 aliphatic heterocycles. The highest BCUT2D eigenvalue weighted by molar-refractivity contribution is 6.03. The zero-order valence-corrected chi connectivity index (χ0v) is 21.3. The smallest absolute Gasteiger partial charge is 0.202 e. The number of ketones is 1. The number of rotatable bonds is 7. The number of nitrogens with zero attached hydrogens (tertiary/aromatic N) is 3. The van der Waals surface area contributed by atoms with Crippen molar-refractivity contribution in [1.29, 1.82) is 0 Å². The number of likely N-dealkylation sites (tertiary alicyclic amines) is 1. The fourth-order valence-corrected chi connectivity index (χ4v) is 7.93. The molecule has 5 atom stereocenters. The van der Waals surface area contributed by atoms with Crippen LogP contribution in [0.4, 0.5) is 0 Å². The minimum Gasteiger partial charge on any atom is -0.376 e. The van der Waals surface area contributed by atoms with E-state index in [1.54, 1.807) is 6.20 Å². The topological polar surface area (TPSA) is 45.7 Å². The average molecular weight is 454 g/mol. The van der Waals surface area contributed by atoms with E-state index in [1.807, 2.05) is 18.2 Å². The van der Waals surface area contributed by atoms with Crippen LogP contribution in [0.5, 0.6) is 0 Å². The summed E-state index contributed by atoms with van der Waals surface area (Å²) >= 11 is 0. The fourth-order valence-electron chi connectivity index (χ4n) is 7.93. The van der Waals surface area contributed by atoms with Crippen molar-refractivity contribution in [2.45, 2.75) is 83.4 Å². The van der Waals surface area contributed by atoms with E-state index in [2.05, 4.69) is 49.5 Å². The molecule has 5 nitrogen and oxygen atoms in total. The molecule has 2 bridgehead atoms. The molecule has 2 aliphatic carbocycles. The molecule has 0 N–H and O–H groups in total. The monoisotopic (exact) mass is 453 g/mol. The first-order valence-electron chi connectivity index (χ1n) is 13.2. The van der Waals surface area contributed by atoms with Gasteiger partial charge in [-0.25, -0.2) is 0 Å². The van der Waals surface area contributed by atoms with Gasteiger partial charge in [0.15, 0.2) is 0 Å². The third-order valence-electron chi connectivity index (χ3n) is 9.44. The molecule has 1 spiro atoms. The van der Waals surface area contributed by atoms with Gasteiger partial charge in [0.1, 0.15) is 5.69 Å². The zero-order valence-electron chi connectivity index (χ0n) is 21.3. The van der Waals surface area contributed by atoms with E-state index >= 15 is 0 Å². The van der Waals surface area contributed by atoms with Crippen LogP contribution in [-0.2, 0) is 4.74 Å². The number of pyridine rings is 1. The van der Waals surface area contributed by atoms with E-state index in [-0.39, 0.29) is 16.8 Å². The van der Waals surface area contributed by atoms with Crippen LogP contribution in [0, 0.1) is 23.2 Å². The third kappa shape index (κ3) is 3.79. The maximum atomic E-state index is 14.6. The summed E-state index contributed by atoms with van der Waals surface area (Å²) in [5.74, 6) is 2.02. The lowest BCUT2D eigenvalue weighted by atomic mass is 9.65. The number of Topliss-reactive ketones (excluding diaryl/α,β-unsaturated/α-hetero) is 1. The summed E-state index contributed by atoms with van der Waals surface area (Å²) in [6, 6.07) is 6.36. The second kappa shape index (κ2) is 8.42. The summed E-state index contributed by atoms with van der Waals surface area (Å²) in [6.45, 7) is 13.0. The largest absolute Gasteiger partial charge is 0.376 e. The first-order chi connectivity index (χ1) is 15.7. The summed E-state index contributed by atoms with van der Waals surface area (Å²) in [5.41, 5.74) is 0.0696. The molecule has 4 fully saturated rings. The molecule has 182 valence electrons. The second-order valence-corrected chi connectivity index (χ2v) is 12.4. The van der Waals surface area contributed by atoms with Crippen molar-refractivity contribution in [3.05, 3.63) is 30.1 Å². The standard InChI is InChI=1S/C28H43N3O2/c1-20(2)9-13-30(5)23-10-14-31(18-23)28(25(32)24-8-6-7-12-29-24)21-11-15-33-26(3,4)19-27(28)17-22(27)16-21/h6-8,12,20-23H,9-11,13-19H2,1-5H3/t21?,22?,23-,27?,28-/m0/s1. The Labute approximate surface area is 200 Å². The number of hydrogen-bond donors (Lipinski definition) is 0. The van der Waals surface area contributed by atoms with E-state index in [1.165, 1.54) is 19.3 Å². The van der Waals surface area contributed by atoms with Crippen LogP contribution in [0.2, 0.25) is 0 Å². The maximum absolute atomic E-state index is 14.6. The van der Waals surface area contributed by atoms with E-state index in [9.17, 15) is 4.79 Å². The Balaban J connectivity index is 1.52. The molecule has 3 heterocycles. The van der Waals surface area contributed by atoms with Crippen LogP contribution in [0.1, 0.15) is 76.7 Å². The summed E-state index contributed by atoms with van der Waals surface area (Å²) in [7, 11) is 2.28. The van der Waals surface area contributed by atoms with Crippen molar-refractivity contribution in [2.75, 3.05) is 33.3 Å². The van der Waals surface area contributed by atoms with E-state index in [4.69, 9.17) is 4.74 Å². The summed E-state index contributed by atoms with van der Waals surface area (Å²) in [6.07, 6.45) is 8.45. The van der Waals surface area contributed by atoms with Gasteiger partial charge in [-0.1, -0.05) is 19.9 Å². The molecule has 4 aliphatic rings. The molecule has 3 unspecified atom stereocenters. The predicted molar refractivity (Wildman–Crippen MR) is 131 cm³/mol. The average Bonchev–Trinajstić information content (AvgIpc) is 3.12. The normalized spacial score (nSPS) is 37.7. The number of fused-ring (bicyclic) bond motifs is 1. The van der Waals surface area contributed by atoms with Gasteiger partial charge in [0, 0.05) is 37.4 Å². The number of hydrogen-bond acceptors (Lipinski definition) is 5. The molecule has 0 radical (unpaired) electrons. The van der Waals surface area contributed by atoms with Crippen molar-refractivity contribution < 1.29 is 9.53 Å². The molecular weight excluding hydrogens is 410 g/mol. The Hall–Kier alpha value is -1.30. The van der Waals surface area contributed by atoms with Crippen LogP contribution in [0.3, 0.4) is 0 Å². The van der Waals surface area contributed by atoms with Gasteiger partial charge in [0.2, 0.25) is 5.78 Å². The number of carbonyl (C=O) groups is 1. The lowest BCUT2D eigenvalue weighted by Crippen LogP contribution is -2.65. The van der Waals surface area contributed by atoms with Gasteiger partial charge < -0.3 is 9.64 Å². The van der Waals surface area contributed by atoms with Crippen molar-refractivity contribution >= 4 is 5.78 Å². The second-order valence-electron chi connectivity index (χ2n) is 12.4. The van der Waals surface area contributed by atoms with Crippen LogP contribution >= 0.6 is 0 Å². The van der Waals surface area contributed by atoms with E-state index in [0.29, 0.717) is 23.6 Å². The van der Waals surface area contributed by atoms with Gasteiger partial charge in [-0.3, -0.25) is 14.7 Å². The van der Waals surface area contributed by atoms with Crippen molar-refractivity contribution in [3.63, 3.8) is 0 Å². The highest BCUT2D eigenvalue weighted by Gasteiger charge is 2.79. The quantitative estimate of drug-likeness (QED) is 0.562. The summed E-state index contributed by atoms with van der Waals surface area (Å²) < 4.78 is 6.34. The van der Waals surface area contributed by atoms with Crippen LogP contribution in [0.25, 0.3) is 0 Å². The number of ether oxygens (including phenoxy) is 1. The SMILES string of the molecule is CC(C)CCN(C)[C@H]1CCN([C@]2(C(=O)c3ccccn3)C3CCOC(C)(C)CC24CC4C3)C1. The fraction of sp³-hybridized carbons (Fsp3) is 0.786. The number of likely N-dealkylation sites (N-methyl/N-ethyl adjacent to an activating group) is 1. The molecule has 2 saturated heterocycles. The molecule has 0 aromatic carbocycles.